The van der Waals surface area contributed by atoms with Crippen molar-refractivity contribution >= 4 is 21.7 Å². The number of aromatic amines is 1. The van der Waals surface area contributed by atoms with Gasteiger partial charge in [0.05, 0.1) is 0 Å². The van der Waals surface area contributed by atoms with Crippen LogP contribution in [0.5, 0.6) is 0 Å². The van der Waals surface area contributed by atoms with E-state index >= 15 is 0 Å². The summed E-state index contributed by atoms with van der Waals surface area (Å²) < 4.78 is 26.4. The van der Waals surface area contributed by atoms with Gasteiger partial charge in [0.1, 0.15) is 10.6 Å². The Morgan fingerprint density at radius 2 is 1.89 bits per heavy atom. The van der Waals surface area contributed by atoms with Gasteiger partial charge in [-0.1, -0.05) is 17.7 Å². The normalized spacial score (nSPS) is 11.2. The summed E-state index contributed by atoms with van der Waals surface area (Å²) in [6.07, 6.45) is 1.14. The lowest BCUT2D eigenvalue weighted by atomic mass is 10.2. The van der Waals surface area contributed by atoms with Crippen LogP contribution in [0, 0.1) is 6.92 Å². The van der Waals surface area contributed by atoms with Crippen LogP contribution in [-0.2, 0) is 10.0 Å². The summed E-state index contributed by atoms with van der Waals surface area (Å²) in [6, 6.07) is 7.89. The van der Waals surface area contributed by atoms with Gasteiger partial charge in [0.2, 0.25) is 0 Å². The number of carboxylic acids is 1. The molecule has 1 aromatic heterocycles. The zero-order valence-corrected chi connectivity index (χ0v) is 10.9. The number of H-pyrrole nitrogens is 1. The number of carbonyl (C=O) groups is 1. The number of aryl methyl sites for hydroxylation is 1. The molecule has 19 heavy (non-hydrogen) atoms. The summed E-state index contributed by atoms with van der Waals surface area (Å²) in [6.45, 7) is 1.89. The summed E-state index contributed by atoms with van der Waals surface area (Å²) >= 11 is 0. The Bertz CT molecular complexity index is 702. The number of aromatic carboxylic acids is 1. The van der Waals surface area contributed by atoms with Gasteiger partial charge in [0.25, 0.3) is 10.0 Å². The number of carboxylic acid groups (broad SMARTS) is 1. The van der Waals surface area contributed by atoms with Gasteiger partial charge < -0.3 is 10.1 Å². The number of anilines is 1. The first-order valence-corrected chi connectivity index (χ1v) is 6.88. The molecular formula is C12H12N2O4S. The van der Waals surface area contributed by atoms with Gasteiger partial charge in [-0.05, 0) is 25.1 Å². The maximum Gasteiger partial charge on any atom is 0.352 e. The molecule has 0 unspecified atom stereocenters. The smallest absolute Gasteiger partial charge is 0.352 e. The van der Waals surface area contributed by atoms with Crippen LogP contribution in [0.3, 0.4) is 0 Å². The first kappa shape index (κ1) is 13.2. The van der Waals surface area contributed by atoms with Crippen LogP contribution >= 0.6 is 0 Å². The predicted octanol–water partition coefficient (Wildman–Crippen LogP) is 1.82. The number of nitrogens with one attached hydrogen (secondary N) is 2. The molecule has 0 radical (unpaired) electrons. The fourth-order valence-corrected chi connectivity index (χ4v) is 2.54. The molecule has 0 amide bonds. The molecule has 2 aromatic rings. The Labute approximate surface area is 110 Å². The van der Waals surface area contributed by atoms with E-state index in [1.807, 2.05) is 6.92 Å². The molecule has 7 heteroatoms. The first-order chi connectivity index (χ1) is 8.88. The summed E-state index contributed by atoms with van der Waals surface area (Å²) in [5, 5.41) is 8.74. The average molecular weight is 280 g/mol. The zero-order valence-electron chi connectivity index (χ0n) is 10.0. The van der Waals surface area contributed by atoms with Gasteiger partial charge in [-0.25, -0.2) is 13.2 Å². The molecule has 0 fully saturated rings. The van der Waals surface area contributed by atoms with Crippen molar-refractivity contribution in [1.82, 2.24) is 4.98 Å². The number of hydrogen-bond donors (Lipinski definition) is 3. The molecular weight excluding hydrogens is 268 g/mol. The summed E-state index contributed by atoms with van der Waals surface area (Å²) in [5.41, 5.74) is 1.26. The van der Waals surface area contributed by atoms with Crippen molar-refractivity contribution in [3.63, 3.8) is 0 Å². The topological polar surface area (TPSA) is 99.3 Å². The molecule has 3 N–H and O–H groups in total. The average Bonchev–Trinajstić information content (AvgIpc) is 2.82. The van der Waals surface area contributed by atoms with Crippen molar-refractivity contribution < 1.29 is 18.3 Å². The van der Waals surface area contributed by atoms with E-state index in [0.29, 0.717) is 5.69 Å². The van der Waals surface area contributed by atoms with Gasteiger partial charge in [0, 0.05) is 11.9 Å². The summed E-state index contributed by atoms with van der Waals surface area (Å²) in [4.78, 5) is 13.0. The van der Waals surface area contributed by atoms with E-state index in [1.54, 1.807) is 24.3 Å². The number of benzene rings is 1. The van der Waals surface area contributed by atoms with E-state index in [0.717, 1.165) is 17.8 Å². The van der Waals surface area contributed by atoms with E-state index in [9.17, 15) is 13.2 Å². The third-order valence-corrected chi connectivity index (χ3v) is 3.86. The first-order valence-electron chi connectivity index (χ1n) is 5.40. The highest BCUT2D eigenvalue weighted by Gasteiger charge is 2.18. The maximum absolute atomic E-state index is 12.0. The van der Waals surface area contributed by atoms with Gasteiger partial charge in [-0.15, -0.1) is 0 Å². The molecule has 2 rings (SSSR count). The predicted molar refractivity (Wildman–Crippen MR) is 69.7 cm³/mol. The van der Waals surface area contributed by atoms with Crippen LogP contribution < -0.4 is 4.72 Å². The van der Waals surface area contributed by atoms with Crippen molar-refractivity contribution in [2.45, 2.75) is 11.8 Å². The van der Waals surface area contributed by atoms with Crippen LogP contribution in [0.4, 0.5) is 5.69 Å². The minimum Gasteiger partial charge on any atom is -0.477 e. The highest BCUT2D eigenvalue weighted by molar-refractivity contribution is 7.92. The van der Waals surface area contributed by atoms with Crippen LogP contribution in [0.15, 0.2) is 41.4 Å². The highest BCUT2D eigenvalue weighted by Crippen LogP contribution is 2.17. The molecule has 6 nitrogen and oxygen atoms in total. The SMILES string of the molecule is Cc1ccc(NS(=O)(=O)c2c[nH]c(C(=O)O)c2)cc1. The van der Waals surface area contributed by atoms with Crippen molar-refractivity contribution in [2.75, 3.05) is 4.72 Å². The summed E-state index contributed by atoms with van der Waals surface area (Å²) in [7, 11) is -3.78. The largest absolute Gasteiger partial charge is 0.477 e. The molecule has 0 saturated carbocycles. The maximum atomic E-state index is 12.0. The number of rotatable bonds is 4. The number of hydrogen-bond acceptors (Lipinski definition) is 3. The van der Waals surface area contributed by atoms with E-state index in [1.165, 1.54) is 0 Å². The molecule has 100 valence electrons. The van der Waals surface area contributed by atoms with Crippen molar-refractivity contribution in [2.24, 2.45) is 0 Å². The molecule has 0 bridgehead atoms. The molecule has 0 spiro atoms. The molecule has 0 saturated heterocycles. The van der Waals surface area contributed by atoms with Crippen molar-refractivity contribution in [3.05, 3.63) is 47.8 Å². The fourth-order valence-electron chi connectivity index (χ4n) is 1.49. The summed E-state index contributed by atoms with van der Waals surface area (Å²) in [5.74, 6) is -1.21. The van der Waals surface area contributed by atoms with Gasteiger partial charge in [-0.3, -0.25) is 4.72 Å². The van der Waals surface area contributed by atoms with E-state index in [4.69, 9.17) is 5.11 Å². The Morgan fingerprint density at radius 1 is 1.26 bits per heavy atom. The minimum absolute atomic E-state index is 0.120. The van der Waals surface area contributed by atoms with Crippen molar-refractivity contribution in [1.29, 1.82) is 0 Å². The number of aromatic nitrogens is 1. The third kappa shape index (κ3) is 2.94. The monoisotopic (exact) mass is 280 g/mol. The van der Waals surface area contributed by atoms with Crippen LogP contribution in [0.25, 0.3) is 0 Å². The number of sulfonamides is 1. The van der Waals surface area contributed by atoms with Crippen LogP contribution in [0.1, 0.15) is 16.1 Å². The van der Waals surface area contributed by atoms with Gasteiger partial charge in [0.15, 0.2) is 0 Å². The van der Waals surface area contributed by atoms with Gasteiger partial charge in [-0.2, -0.15) is 0 Å². The van der Waals surface area contributed by atoms with E-state index in [-0.39, 0.29) is 10.6 Å². The fraction of sp³-hybridized carbons (Fsp3) is 0.0833. The second kappa shape index (κ2) is 4.77. The van der Waals surface area contributed by atoms with E-state index < -0.39 is 16.0 Å². The lowest BCUT2D eigenvalue weighted by molar-refractivity contribution is 0.0691. The third-order valence-electron chi connectivity index (χ3n) is 2.50. The second-order valence-corrected chi connectivity index (χ2v) is 5.71. The van der Waals surface area contributed by atoms with Crippen LogP contribution in [0.2, 0.25) is 0 Å². The molecule has 0 atom stereocenters. The Hall–Kier alpha value is -2.28. The molecule has 0 aliphatic rings. The highest BCUT2D eigenvalue weighted by atomic mass is 32.2. The van der Waals surface area contributed by atoms with Gasteiger partial charge >= 0.3 is 5.97 Å². The molecule has 1 heterocycles. The lowest BCUT2D eigenvalue weighted by Crippen LogP contribution is -2.12. The molecule has 1 aromatic carbocycles. The Balaban J connectivity index is 2.26. The zero-order chi connectivity index (χ0) is 14.0. The van der Waals surface area contributed by atoms with Crippen molar-refractivity contribution in [3.8, 4) is 0 Å². The Morgan fingerprint density at radius 3 is 2.42 bits per heavy atom. The van der Waals surface area contributed by atoms with Crippen LogP contribution in [-0.4, -0.2) is 24.5 Å². The standard InChI is InChI=1S/C12H12N2O4S/c1-8-2-4-9(5-3-8)14-19(17,18)10-6-11(12(15)16)13-7-10/h2-7,13-14H,1H3,(H,15,16). The second-order valence-electron chi connectivity index (χ2n) is 4.03. The Kier molecular flexibility index (Phi) is 3.30. The quantitative estimate of drug-likeness (QED) is 0.795. The molecule has 0 aliphatic heterocycles. The lowest BCUT2D eigenvalue weighted by Gasteiger charge is -2.06. The molecule has 0 aliphatic carbocycles. The minimum atomic E-state index is -3.78. The van der Waals surface area contributed by atoms with E-state index in [2.05, 4.69) is 9.71 Å².